The second-order valence-corrected chi connectivity index (χ2v) is 4.44. The molecule has 0 aliphatic carbocycles. The summed E-state index contributed by atoms with van der Waals surface area (Å²) in [5.41, 5.74) is 1.17. The average molecular weight is 294 g/mol. The largest absolute Gasteiger partial charge is 0.321 e. The molecule has 0 saturated carbocycles. The molecule has 17 heavy (non-hydrogen) atoms. The lowest BCUT2D eigenvalue weighted by Crippen LogP contribution is -2.13. The second kappa shape index (κ2) is 5.14. The van der Waals surface area contributed by atoms with Gasteiger partial charge in [-0.2, -0.15) is 5.10 Å². The summed E-state index contributed by atoms with van der Waals surface area (Å²) < 4.78 is 2.64. The average Bonchev–Trinajstić information content (AvgIpc) is 2.77. The summed E-state index contributed by atoms with van der Waals surface area (Å²) in [7, 11) is 0. The van der Waals surface area contributed by atoms with E-state index in [1.165, 1.54) is 0 Å². The molecule has 0 spiro atoms. The number of anilines is 1. The standard InChI is InChI=1S/C12H12BrN3O/c1-2-16-7-6-11(15-16)12(17)14-10-5-3-4-9(13)8-10/h3-8H,2H2,1H3,(H,14,17). The van der Waals surface area contributed by atoms with Crippen LogP contribution in [0.15, 0.2) is 41.0 Å². The van der Waals surface area contributed by atoms with Crippen molar-refractivity contribution in [3.05, 3.63) is 46.7 Å². The Kier molecular flexibility index (Phi) is 3.58. The predicted octanol–water partition coefficient (Wildman–Crippen LogP) is 2.92. The molecule has 0 fully saturated rings. The highest BCUT2D eigenvalue weighted by Gasteiger charge is 2.09. The summed E-state index contributed by atoms with van der Waals surface area (Å²) >= 11 is 3.35. The lowest BCUT2D eigenvalue weighted by molar-refractivity contribution is 0.102. The van der Waals surface area contributed by atoms with Gasteiger partial charge in [-0.15, -0.1) is 0 Å². The van der Waals surface area contributed by atoms with E-state index in [9.17, 15) is 4.79 Å². The normalized spacial score (nSPS) is 10.2. The fraction of sp³-hybridized carbons (Fsp3) is 0.167. The summed E-state index contributed by atoms with van der Waals surface area (Å²) in [6.07, 6.45) is 1.79. The maximum atomic E-state index is 11.9. The Morgan fingerprint density at radius 1 is 1.47 bits per heavy atom. The molecule has 0 radical (unpaired) electrons. The molecule has 1 N–H and O–H groups in total. The third-order valence-electron chi connectivity index (χ3n) is 2.28. The van der Waals surface area contributed by atoms with Gasteiger partial charge in [-0.25, -0.2) is 0 Å². The molecule has 0 atom stereocenters. The van der Waals surface area contributed by atoms with E-state index >= 15 is 0 Å². The fourth-order valence-electron chi connectivity index (χ4n) is 1.42. The van der Waals surface area contributed by atoms with Gasteiger partial charge in [0, 0.05) is 22.9 Å². The number of amides is 1. The zero-order valence-corrected chi connectivity index (χ0v) is 10.9. The molecule has 1 amide bonds. The molecule has 0 saturated heterocycles. The van der Waals surface area contributed by atoms with Crippen LogP contribution in [0.25, 0.3) is 0 Å². The van der Waals surface area contributed by atoms with E-state index in [1.54, 1.807) is 16.9 Å². The first kappa shape index (κ1) is 11.9. The van der Waals surface area contributed by atoms with Crippen LogP contribution in [0.5, 0.6) is 0 Å². The van der Waals surface area contributed by atoms with Crippen LogP contribution >= 0.6 is 15.9 Å². The molecular weight excluding hydrogens is 282 g/mol. The third-order valence-corrected chi connectivity index (χ3v) is 2.77. The minimum Gasteiger partial charge on any atom is -0.321 e. The molecule has 0 aliphatic heterocycles. The molecule has 1 aromatic carbocycles. The van der Waals surface area contributed by atoms with Crippen molar-refractivity contribution in [3.8, 4) is 0 Å². The smallest absolute Gasteiger partial charge is 0.276 e. The van der Waals surface area contributed by atoms with Crippen LogP contribution in [0.4, 0.5) is 5.69 Å². The summed E-state index contributed by atoms with van der Waals surface area (Å²) in [6.45, 7) is 2.73. The maximum absolute atomic E-state index is 11.9. The number of carbonyl (C=O) groups excluding carboxylic acids is 1. The van der Waals surface area contributed by atoms with Crippen molar-refractivity contribution in [2.24, 2.45) is 0 Å². The van der Waals surface area contributed by atoms with Gasteiger partial charge in [-0.1, -0.05) is 22.0 Å². The van der Waals surface area contributed by atoms with Crippen molar-refractivity contribution < 1.29 is 4.79 Å². The Labute approximate surface area is 108 Å². The molecule has 1 aromatic heterocycles. The van der Waals surface area contributed by atoms with Crippen LogP contribution < -0.4 is 5.32 Å². The van der Waals surface area contributed by atoms with Crippen molar-refractivity contribution in [2.75, 3.05) is 5.32 Å². The second-order valence-electron chi connectivity index (χ2n) is 3.52. The zero-order chi connectivity index (χ0) is 12.3. The number of halogens is 1. The number of rotatable bonds is 3. The first-order valence-corrected chi connectivity index (χ1v) is 6.08. The van der Waals surface area contributed by atoms with Crippen LogP contribution in [0.3, 0.4) is 0 Å². The van der Waals surface area contributed by atoms with Gasteiger partial charge in [0.2, 0.25) is 0 Å². The molecule has 0 bridgehead atoms. The lowest BCUT2D eigenvalue weighted by Gasteiger charge is -2.03. The number of aromatic nitrogens is 2. The third kappa shape index (κ3) is 2.94. The van der Waals surface area contributed by atoms with E-state index in [1.807, 2.05) is 31.2 Å². The van der Waals surface area contributed by atoms with Crippen LogP contribution in [0.1, 0.15) is 17.4 Å². The van der Waals surface area contributed by atoms with Gasteiger partial charge in [-0.3, -0.25) is 9.48 Å². The Morgan fingerprint density at radius 2 is 2.29 bits per heavy atom. The lowest BCUT2D eigenvalue weighted by atomic mass is 10.3. The number of nitrogens with one attached hydrogen (secondary N) is 1. The Morgan fingerprint density at radius 3 is 2.94 bits per heavy atom. The first-order valence-electron chi connectivity index (χ1n) is 5.29. The highest BCUT2D eigenvalue weighted by atomic mass is 79.9. The number of benzene rings is 1. The van der Waals surface area contributed by atoms with Gasteiger partial charge in [-0.05, 0) is 31.2 Å². The molecule has 0 aliphatic rings. The Bertz CT molecular complexity index is 536. The SMILES string of the molecule is CCn1ccc(C(=O)Nc2cccc(Br)c2)n1. The first-order chi connectivity index (χ1) is 8.19. The molecular formula is C12H12BrN3O. The van der Waals surface area contributed by atoms with Gasteiger partial charge >= 0.3 is 0 Å². The predicted molar refractivity (Wildman–Crippen MR) is 70.0 cm³/mol. The van der Waals surface area contributed by atoms with Crippen molar-refractivity contribution in [1.29, 1.82) is 0 Å². The van der Waals surface area contributed by atoms with E-state index in [0.29, 0.717) is 5.69 Å². The van der Waals surface area contributed by atoms with E-state index in [0.717, 1.165) is 16.7 Å². The van der Waals surface area contributed by atoms with Gasteiger partial charge < -0.3 is 5.32 Å². The number of carbonyl (C=O) groups is 1. The van der Waals surface area contributed by atoms with E-state index in [-0.39, 0.29) is 5.91 Å². The van der Waals surface area contributed by atoms with Gasteiger partial charge in [0.15, 0.2) is 5.69 Å². The topological polar surface area (TPSA) is 46.9 Å². The number of nitrogens with zero attached hydrogens (tertiary/aromatic N) is 2. The Hall–Kier alpha value is -1.62. The number of hydrogen-bond donors (Lipinski definition) is 1. The highest BCUT2D eigenvalue weighted by Crippen LogP contribution is 2.16. The summed E-state index contributed by atoms with van der Waals surface area (Å²) in [5.74, 6) is -0.199. The van der Waals surface area contributed by atoms with Gasteiger partial charge in [0.25, 0.3) is 5.91 Å². The quantitative estimate of drug-likeness (QED) is 0.946. The Balaban J connectivity index is 2.11. The molecule has 2 rings (SSSR count). The summed E-state index contributed by atoms with van der Waals surface area (Å²) in [6, 6.07) is 9.15. The van der Waals surface area contributed by atoms with Crippen LogP contribution in [0, 0.1) is 0 Å². The summed E-state index contributed by atoms with van der Waals surface area (Å²) in [5, 5.41) is 6.93. The van der Waals surface area contributed by atoms with Crippen molar-refractivity contribution >= 4 is 27.5 Å². The fourth-order valence-corrected chi connectivity index (χ4v) is 1.82. The highest BCUT2D eigenvalue weighted by molar-refractivity contribution is 9.10. The monoisotopic (exact) mass is 293 g/mol. The van der Waals surface area contributed by atoms with Crippen LogP contribution in [-0.4, -0.2) is 15.7 Å². The minimum atomic E-state index is -0.199. The van der Waals surface area contributed by atoms with E-state index < -0.39 is 0 Å². The number of hydrogen-bond acceptors (Lipinski definition) is 2. The summed E-state index contributed by atoms with van der Waals surface area (Å²) in [4.78, 5) is 11.9. The number of aryl methyl sites for hydroxylation is 1. The van der Waals surface area contributed by atoms with E-state index in [4.69, 9.17) is 0 Å². The van der Waals surface area contributed by atoms with Gasteiger partial charge in [0.05, 0.1) is 0 Å². The van der Waals surface area contributed by atoms with Crippen molar-refractivity contribution in [3.63, 3.8) is 0 Å². The molecule has 1 heterocycles. The molecule has 88 valence electrons. The molecule has 5 heteroatoms. The van der Waals surface area contributed by atoms with Crippen molar-refractivity contribution in [1.82, 2.24) is 9.78 Å². The molecule has 2 aromatic rings. The van der Waals surface area contributed by atoms with Crippen molar-refractivity contribution in [2.45, 2.75) is 13.5 Å². The van der Waals surface area contributed by atoms with Crippen LogP contribution in [-0.2, 0) is 6.54 Å². The molecule has 0 unspecified atom stereocenters. The van der Waals surface area contributed by atoms with Gasteiger partial charge in [0.1, 0.15) is 0 Å². The van der Waals surface area contributed by atoms with Crippen LogP contribution in [0.2, 0.25) is 0 Å². The minimum absolute atomic E-state index is 0.199. The maximum Gasteiger partial charge on any atom is 0.276 e. The molecule has 4 nitrogen and oxygen atoms in total. The van der Waals surface area contributed by atoms with E-state index in [2.05, 4.69) is 26.3 Å². The zero-order valence-electron chi connectivity index (χ0n) is 9.35.